The molecular formula is C23H23N3O4. The lowest BCUT2D eigenvalue weighted by atomic mass is 10.1. The fourth-order valence-electron chi connectivity index (χ4n) is 2.76. The molecule has 0 atom stereocenters. The van der Waals surface area contributed by atoms with E-state index in [9.17, 15) is 9.59 Å². The molecule has 0 radical (unpaired) electrons. The van der Waals surface area contributed by atoms with Crippen LogP contribution in [-0.4, -0.2) is 31.2 Å². The van der Waals surface area contributed by atoms with Gasteiger partial charge in [-0.25, -0.2) is 5.43 Å². The van der Waals surface area contributed by atoms with Crippen molar-refractivity contribution in [2.75, 3.05) is 19.0 Å². The minimum absolute atomic E-state index is 0.0619. The summed E-state index contributed by atoms with van der Waals surface area (Å²) in [4.78, 5) is 24.1. The number of rotatable bonds is 8. The highest BCUT2D eigenvalue weighted by molar-refractivity contribution is 6.06. The lowest BCUT2D eigenvalue weighted by Crippen LogP contribution is -2.26. The molecule has 0 spiro atoms. The average molecular weight is 405 g/mol. The minimum Gasteiger partial charge on any atom is -0.497 e. The molecule has 0 saturated carbocycles. The Balaban J connectivity index is 1.44. The van der Waals surface area contributed by atoms with Gasteiger partial charge in [-0.3, -0.25) is 9.59 Å². The van der Waals surface area contributed by atoms with Gasteiger partial charge < -0.3 is 14.8 Å². The molecule has 30 heavy (non-hydrogen) atoms. The van der Waals surface area contributed by atoms with Gasteiger partial charge in [-0.15, -0.1) is 0 Å². The maximum Gasteiger partial charge on any atom is 0.277 e. The minimum atomic E-state index is -0.417. The summed E-state index contributed by atoms with van der Waals surface area (Å²) in [6.45, 7) is 1.48. The Morgan fingerprint density at radius 3 is 2.33 bits per heavy atom. The van der Waals surface area contributed by atoms with E-state index in [0.29, 0.717) is 22.9 Å². The van der Waals surface area contributed by atoms with Crippen molar-refractivity contribution in [2.45, 2.75) is 13.3 Å². The molecule has 2 amide bonds. The second-order valence-corrected chi connectivity index (χ2v) is 6.63. The van der Waals surface area contributed by atoms with Crippen molar-refractivity contribution in [2.24, 2.45) is 5.10 Å². The van der Waals surface area contributed by atoms with Crippen molar-refractivity contribution in [3.05, 3.63) is 66.7 Å². The first-order chi connectivity index (χ1) is 14.5. The molecule has 0 aromatic heterocycles. The molecular weight excluding hydrogens is 382 g/mol. The summed E-state index contributed by atoms with van der Waals surface area (Å²) in [6.07, 6.45) is 0.0619. The third-order valence-corrected chi connectivity index (χ3v) is 4.25. The van der Waals surface area contributed by atoms with E-state index in [0.717, 1.165) is 10.8 Å². The number of hydrazone groups is 1. The molecule has 3 aromatic rings. The third-order valence-electron chi connectivity index (χ3n) is 4.25. The van der Waals surface area contributed by atoms with Gasteiger partial charge in [-0.1, -0.05) is 30.3 Å². The summed E-state index contributed by atoms with van der Waals surface area (Å²) in [5.74, 6) is 0.616. The van der Waals surface area contributed by atoms with E-state index in [2.05, 4.69) is 15.8 Å². The highest BCUT2D eigenvalue weighted by Gasteiger charge is 2.07. The Hall–Kier alpha value is -3.87. The maximum absolute atomic E-state index is 12.2. The maximum atomic E-state index is 12.2. The van der Waals surface area contributed by atoms with Crippen LogP contribution in [0.3, 0.4) is 0 Å². The van der Waals surface area contributed by atoms with Crippen LogP contribution in [0.4, 0.5) is 5.69 Å². The number of benzene rings is 3. The first-order valence-corrected chi connectivity index (χ1v) is 9.41. The fourth-order valence-corrected chi connectivity index (χ4v) is 2.76. The summed E-state index contributed by atoms with van der Waals surface area (Å²) in [7, 11) is 1.58. The average Bonchev–Trinajstić information content (AvgIpc) is 2.76. The molecule has 3 aromatic carbocycles. The summed E-state index contributed by atoms with van der Waals surface area (Å²) in [6, 6.07) is 20.5. The van der Waals surface area contributed by atoms with Gasteiger partial charge in [0.1, 0.15) is 11.5 Å². The Morgan fingerprint density at radius 1 is 0.900 bits per heavy atom. The second-order valence-electron chi connectivity index (χ2n) is 6.63. The van der Waals surface area contributed by atoms with E-state index in [1.165, 1.54) is 0 Å². The molecule has 0 unspecified atom stereocenters. The van der Waals surface area contributed by atoms with Crippen LogP contribution in [0.25, 0.3) is 10.8 Å². The topological polar surface area (TPSA) is 89.0 Å². The van der Waals surface area contributed by atoms with Crippen molar-refractivity contribution in [3.8, 4) is 11.5 Å². The van der Waals surface area contributed by atoms with Gasteiger partial charge >= 0.3 is 0 Å². The number of amides is 2. The van der Waals surface area contributed by atoms with Gasteiger partial charge in [0.2, 0.25) is 5.91 Å². The van der Waals surface area contributed by atoms with Crippen LogP contribution in [0.2, 0.25) is 0 Å². The first-order valence-electron chi connectivity index (χ1n) is 9.41. The predicted octanol–water partition coefficient (Wildman–Crippen LogP) is 3.75. The normalized spacial score (nSPS) is 11.1. The number of anilines is 1. The van der Waals surface area contributed by atoms with E-state index in [1.54, 1.807) is 38.3 Å². The first kappa shape index (κ1) is 20.9. The quantitative estimate of drug-likeness (QED) is 0.441. The van der Waals surface area contributed by atoms with E-state index in [1.807, 2.05) is 42.5 Å². The van der Waals surface area contributed by atoms with Crippen LogP contribution in [0, 0.1) is 0 Å². The molecule has 0 bridgehead atoms. The lowest BCUT2D eigenvalue weighted by molar-refractivity contribution is -0.123. The van der Waals surface area contributed by atoms with Gasteiger partial charge in [0.25, 0.3) is 5.91 Å². The number of nitrogens with one attached hydrogen (secondary N) is 2. The molecule has 0 saturated heterocycles. The molecule has 154 valence electrons. The Labute approximate surface area is 174 Å². The Bertz CT molecular complexity index is 1060. The van der Waals surface area contributed by atoms with Gasteiger partial charge in [-0.05, 0) is 54.1 Å². The van der Waals surface area contributed by atoms with Gasteiger partial charge in [0.05, 0.1) is 13.5 Å². The molecule has 0 heterocycles. The molecule has 0 aliphatic carbocycles. The van der Waals surface area contributed by atoms with Gasteiger partial charge in [-0.2, -0.15) is 5.10 Å². The van der Waals surface area contributed by atoms with Crippen LogP contribution in [-0.2, 0) is 9.59 Å². The largest absolute Gasteiger partial charge is 0.497 e. The smallest absolute Gasteiger partial charge is 0.277 e. The van der Waals surface area contributed by atoms with Crippen molar-refractivity contribution in [3.63, 3.8) is 0 Å². The Morgan fingerprint density at radius 2 is 1.60 bits per heavy atom. The Kier molecular flexibility index (Phi) is 7.00. The molecule has 7 heteroatoms. The van der Waals surface area contributed by atoms with E-state index in [4.69, 9.17) is 9.47 Å². The van der Waals surface area contributed by atoms with Crippen molar-refractivity contribution in [1.29, 1.82) is 0 Å². The molecule has 3 rings (SSSR count). The zero-order valence-electron chi connectivity index (χ0n) is 16.8. The summed E-state index contributed by atoms with van der Waals surface area (Å²) in [5, 5.41) is 8.94. The SMILES string of the molecule is COc1ccc(OCC(=O)N/N=C(\C)CC(=O)Nc2ccc3ccccc3c2)cc1. The number of hydrogen-bond donors (Lipinski definition) is 2. The van der Waals surface area contributed by atoms with Crippen LogP contribution < -0.4 is 20.2 Å². The number of ether oxygens (including phenoxy) is 2. The molecule has 0 aliphatic heterocycles. The third kappa shape index (κ3) is 6.07. The number of fused-ring (bicyclic) bond motifs is 1. The number of nitrogens with zero attached hydrogens (tertiary/aromatic N) is 1. The van der Waals surface area contributed by atoms with Crippen LogP contribution in [0.15, 0.2) is 71.8 Å². The zero-order valence-corrected chi connectivity index (χ0v) is 16.8. The summed E-state index contributed by atoms with van der Waals surface area (Å²) in [5.41, 5.74) is 3.58. The molecule has 0 aliphatic rings. The summed E-state index contributed by atoms with van der Waals surface area (Å²) < 4.78 is 10.4. The second kappa shape index (κ2) is 10.1. The summed E-state index contributed by atoms with van der Waals surface area (Å²) >= 11 is 0. The highest BCUT2D eigenvalue weighted by Crippen LogP contribution is 2.19. The number of methoxy groups -OCH3 is 1. The number of carbonyl (C=O) groups is 2. The van der Waals surface area contributed by atoms with E-state index in [-0.39, 0.29) is 18.9 Å². The number of carbonyl (C=O) groups excluding carboxylic acids is 2. The van der Waals surface area contributed by atoms with Crippen molar-refractivity contribution in [1.82, 2.24) is 5.43 Å². The molecule has 0 fully saturated rings. The highest BCUT2D eigenvalue weighted by atomic mass is 16.5. The van der Waals surface area contributed by atoms with Gasteiger partial charge in [0.15, 0.2) is 6.61 Å². The van der Waals surface area contributed by atoms with Crippen LogP contribution in [0.1, 0.15) is 13.3 Å². The standard InChI is InChI=1S/C23H23N3O4/c1-16(25-26-23(28)15-30-21-11-9-20(29-2)10-12-21)13-22(27)24-19-8-7-17-5-3-4-6-18(17)14-19/h3-12,14H,13,15H2,1-2H3,(H,24,27)(H,26,28)/b25-16+. The lowest BCUT2D eigenvalue weighted by Gasteiger charge is -2.08. The van der Waals surface area contributed by atoms with Crippen molar-refractivity contribution >= 4 is 34.0 Å². The fraction of sp³-hybridized carbons (Fsp3) is 0.174. The van der Waals surface area contributed by atoms with Crippen LogP contribution in [0.5, 0.6) is 11.5 Å². The molecule has 2 N–H and O–H groups in total. The zero-order chi connectivity index (χ0) is 21.3. The number of hydrogen-bond acceptors (Lipinski definition) is 5. The predicted molar refractivity (Wildman–Crippen MR) is 117 cm³/mol. The van der Waals surface area contributed by atoms with Crippen LogP contribution >= 0.6 is 0 Å². The molecule has 7 nitrogen and oxygen atoms in total. The van der Waals surface area contributed by atoms with E-state index < -0.39 is 5.91 Å². The van der Waals surface area contributed by atoms with Crippen molar-refractivity contribution < 1.29 is 19.1 Å². The van der Waals surface area contributed by atoms with Gasteiger partial charge in [0, 0.05) is 11.4 Å². The monoisotopic (exact) mass is 405 g/mol. The van der Waals surface area contributed by atoms with E-state index >= 15 is 0 Å².